The zero-order chi connectivity index (χ0) is 27.9. The number of likely N-dealkylation sites (tertiary alicyclic amines) is 1. The van der Waals surface area contributed by atoms with Crippen LogP contribution < -0.4 is 4.74 Å². The van der Waals surface area contributed by atoms with Gasteiger partial charge in [-0.05, 0) is 57.6 Å². The van der Waals surface area contributed by atoms with Crippen molar-refractivity contribution in [3.05, 3.63) is 65.2 Å². The fourth-order valence-electron chi connectivity index (χ4n) is 4.19. The van der Waals surface area contributed by atoms with Gasteiger partial charge in [0, 0.05) is 29.8 Å². The molecule has 0 N–H and O–H groups in total. The minimum absolute atomic E-state index is 0.00736. The molecule has 1 amide bonds. The van der Waals surface area contributed by atoms with Gasteiger partial charge in [0.25, 0.3) is 5.91 Å². The number of hydrogen-bond donors (Lipinski definition) is 0. The number of hydrogen-bond acceptors (Lipinski definition) is 5. The maximum absolute atomic E-state index is 14.5. The Labute approximate surface area is 218 Å². The summed E-state index contributed by atoms with van der Waals surface area (Å²) in [7, 11) is 1.89. The largest absolute Gasteiger partial charge is 0.494 e. The average molecular weight is 543 g/mol. The van der Waals surface area contributed by atoms with Gasteiger partial charge in [-0.15, -0.1) is 0 Å². The van der Waals surface area contributed by atoms with Gasteiger partial charge in [-0.2, -0.15) is 13.2 Å². The van der Waals surface area contributed by atoms with Crippen LogP contribution in [-0.2, 0) is 20.9 Å². The van der Waals surface area contributed by atoms with E-state index in [1.165, 1.54) is 35.2 Å². The maximum Gasteiger partial charge on any atom is 0.490 e. The summed E-state index contributed by atoms with van der Waals surface area (Å²) in [6.07, 6.45) is -4.62. The molecule has 0 bridgehead atoms. The molecule has 38 heavy (non-hydrogen) atoms. The molecule has 1 atom stereocenters. The molecule has 11 heteroatoms. The summed E-state index contributed by atoms with van der Waals surface area (Å²) in [5, 5.41) is 0. The van der Waals surface area contributed by atoms with Crippen LogP contribution in [0.2, 0.25) is 0 Å². The van der Waals surface area contributed by atoms with Crippen LogP contribution in [0.5, 0.6) is 5.75 Å². The van der Waals surface area contributed by atoms with Gasteiger partial charge < -0.3 is 19.3 Å². The lowest BCUT2D eigenvalue weighted by Crippen LogP contribution is -2.48. The molecule has 1 aliphatic heterocycles. The Morgan fingerprint density at radius 3 is 2.32 bits per heavy atom. The summed E-state index contributed by atoms with van der Waals surface area (Å²) in [4.78, 5) is 28.9. The van der Waals surface area contributed by atoms with Crippen LogP contribution in [-0.4, -0.2) is 60.6 Å². The first-order valence-corrected chi connectivity index (χ1v) is 12.4. The van der Waals surface area contributed by atoms with Crippen LogP contribution in [0.4, 0.5) is 22.0 Å². The van der Waals surface area contributed by atoms with Crippen molar-refractivity contribution < 1.29 is 41.0 Å². The summed E-state index contributed by atoms with van der Waals surface area (Å²) in [6, 6.07) is 8.10. The summed E-state index contributed by atoms with van der Waals surface area (Å²) in [5.41, 5.74) is -0.00723. The van der Waals surface area contributed by atoms with E-state index in [1.807, 2.05) is 18.9 Å². The number of benzene rings is 2. The predicted molar refractivity (Wildman–Crippen MR) is 129 cm³/mol. The first-order valence-electron chi connectivity index (χ1n) is 12.4. The molecule has 0 radical (unpaired) electrons. The topological polar surface area (TPSA) is 59.1 Å². The van der Waals surface area contributed by atoms with Crippen molar-refractivity contribution in [1.82, 2.24) is 9.80 Å². The van der Waals surface area contributed by atoms with Crippen molar-refractivity contribution in [1.29, 1.82) is 0 Å². The molecular formula is C27H31F5N2O4. The molecule has 6 nitrogen and oxygen atoms in total. The second kappa shape index (κ2) is 13.0. The van der Waals surface area contributed by atoms with Crippen molar-refractivity contribution in [2.45, 2.75) is 57.5 Å². The number of rotatable bonds is 10. The molecule has 0 spiro atoms. The molecule has 208 valence electrons. The van der Waals surface area contributed by atoms with Crippen LogP contribution in [0.1, 0.15) is 49.8 Å². The number of esters is 1. The maximum atomic E-state index is 14.5. The predicted octanol–water partition coefficient (Wildman–Crippen LogP) is 5.41. The molecule has 1 fully saturated rings. The lowest BCUT2D eigenvalue weighted by atomic mass is 10.00. The van der Waals surface area contributed by atoms with Crippen LogP contribution >= 0.6 is 0 Å². The summed E-state index contributed by atoms with van der Waals surface area (Å²) < 4.78 is 77.8. The molecular weight excluding hydrogens is 511 g/mol. The van der Waals surface area contributed by atoms with E-state index in [1.54, 1.807) is 0 Å². The molecule has 0 aliphatic carbocycles. The number of nitrogens with zero attached hydrogens (tertiary/aromatic N) is 2. The number of carbonyl (C=O) groups is 2. The van der Waals surface area contributed by atoms with Crippen molar-refractivity contribution in [2.75, 3.05) is 26.7 Å². The normalized spacial score (nSPS) is 15.7. The molecule has 0 saturated carbocycles. The molecule has 2 aromatic rings. The number of unbranched alkanes of at least 4 members (excludes halogenated alkanes) is 1. The second-order valence-corrected chi connectivity index (χ2v) is 9.29. The Kier molecular flexibility index (Phi) is 10.1. The van der Waals surface area contributed by atoms with Crippen molar-refractivity contribution >= 4 is 11.9 Å². The quantitative estimate of drug-likeness (QED) is 0.228. The van der Waals surface area contributed by atoms with E-state index in [2.05, 4.69) is 0 Å². The van der Waals surface area contributed by atoms with Crippen molar-refractivity contribution in [3.8, 4) is 5.75 Å². The molecule has 1 aliphatic rings. The molecule has 1 unspecified atom stereocenters. The van der Waals surface area contributed by atoms with E-state index in [9.17, 15) is 31.5 Å². The first-order chi connectivity index (χ1) is 18.0. The van der Waals surface area contributed by atoms with Gasteiger partial charge in [0.1, 0.15) is 17.4 Å². The van der Waals surface area contributed by atoms with E-state index in [0.717, 1.165) is 18.9 Å². The Bertz CT molecular complexity index is 1090. The zero-order valence-corrected chi connectivity index (χ0v) is 21.3. The Morgan fingerprint density at radius 1 is 1.08 bits per heavy atom. The van der Waals surface area contributed by atoms with E-state index in [4.69, 9.17) is 9.47 Å². The highest BCUT2D eigenvalue weighted by molar-refractivity contribution is 5.86. The smallest absolute Gasteiger partial charge is 0.490 e. The monoisotopic (exact) mass is 542 g/mol. The van der Waals surface area contributed by atoms with Crippen LogP contribution in [0.15, 0.2) is 42.5 Å². The highest BCUT2D eigenvalue weighted by Crippen LogP contribution is 2.30. The third kappa shape index (κ3) is 7.89. The summed E-state index contributed by atoms with van der Waals surface area (Å²) >= 11 is 0. The highest BCUT2D eigenvalue weighted by Gasteiger charge is 2.45. The number of amides is 1. The number of piperidine rings is 1. The molecule has 1 saturated heterocycles. The standard InChI is InChI=1S/C27H31F5N2O4/c1-3-4-15-37-22-9-6-18(7-10-22)24(38-26(36)27(30,31)32)25(35)34(21-11-13-33(2)14-12-21)17-19-5-8-20(28)16-23(19)29/h5-10,16,21,24H,3-4,11-15,17H2,1-2H3. The van der Waals surface area contributed by atoms with E-state index in [0.29, 0.717) is 44.4 Å². The third-order valence-electron chi connectivity index (χ3n) is 6.40. The molecule has 0 aromatic heterocycles. The summed E-state index contributed by atoms with van der Waals surface area (Å²) in [5.74, 6) is -4.71. The van der Waals surface area contributed by atoms with E-state index < -0.39 is 41.8 Å². The van der Waals surface area contributed by atoms with Gasteiger partial charge in [-0.25, -0.2) is 13.6 Å². The minimum atomic E-state index is -5.33. The molecule has 2 aromatic carbocycles. The number of carbonyl (C=O) groups excluding carboxylic acids is 2. The first kappa shape index (κ1) is 29.3. The van der Waals surface area contributed by atoms with Crippen molar-refractivity contribution in [2.24, 2.45) is 0 Å². The van der Waals surface area contributed by atoms with Crippen LogP contribution in [0.3, 0.4) is 0 Å². The Morgan fingerprint density at radius 2 is 1.74 bits per heavy atom. The van der Waals surface area contributed by atoms with Crippen LogP contribution in [0, 0.1) is 11.6 Å². The lowest BCUT2D eigenvalue weighted by molar-refractivity contribution is -0.207. The fraction of sp³-hybridized carbons (Fsp3) is 0.481. The summed E-state index contributed by atoms with van der Waals surface area (Å²) in [6.45, 7) is 3.28. The molecule has 1 heterocycles. The van der Waals surface area contributed by atoms with Gasteiger partial charge in [-0.1, -0.05) is 31.5 Å². The third-order valence-corrected chi connectivity index (χ3v) is 6.40. The minimum Gasteiger partial charge on any atom is -0.494 e. The number of alkyl halides is 3. The van der Waals surface area contributed by atoms with Gasteiger partial charge in [0.2, 0.25) is 6.10 Å². The van der Waals surface area contributed by atoms with Gasteiger partial charge in [0.05, 0.1) is 6.61 Å². The van der Waals surface area contributed by atoms with Gasteiger partial charge in [-0.3, -0.25) is 4.79 Å². The van der Waals surface area contributed by atoms with Crippen LogP contribution in [0.25, 0.3) is 0 Å². The Hall–Kier alpha value is -3.21. The van der Waals surface area contributed by atoms with E-state index in [-0.39, 0.29) is 17.7 Å². The zero-order valence-electron chi connectivity index (χ0n) is 21.3. The molecule has 3 rings (SSSR count). The second-order valence-electron chi connectivity index (χ2n) is 9.29. The van der Waals surface area contributed by atoms with Gasteiger partial charge >= 0.3 is 12.1 Å². The van der Waals surface area contributed by atoms with E-state index >= 15 is 0 Å². The SMILES string of the molecule is CCCCOc1ccc(C(OC(=O)C(F)(F)F)C(=O)N(Cc2ccc(F)cc2F)C2CCN(C)CC2)cc1. The van der Waals surface area contributed by atoms with Crippen molar-refractivity contribution in [3.63, 3.8) is 0 Å². The fourth-order valence-corrected chi connectivity index (χ4v) is 4.19. The highest BCUT2D eigenvalue weighted by atomic mass is 19.4. The average Bonchev–Trinajstić information content (AvgIpc) is 2.87. The van der Waals surface area contributed by atoms with Gasteiger partial charge in [0.15, 0.2) is 0 Å². The number of ether oxygens (including phenoxy) is 2. The Balaban J connectivity index is 1.95. The lowest BCUT2D eigenvalue weighted by Gasteiger charge is -2.39. The number of halogens is 5.